The van der Waals surface area contributed by atoms with Gasteiger partial charge in [0.25, 0.3) is 0 Å². The molecule has 6 aromatic rings. The summed E-state index contributed by atoms with van der Waals surface area (Å²) in [4.78, 5) is 47.7. The van der Waals surface area contributed by atoms with Crippen LogP contribution in [0.5, 0.6) is 17.2 Å². The first-order valence-corrected chi connectivity index (χ1v) is 25.0. The van der Waals surface area contributed by atoms with E-state index >= 15 is 0 Å². The fourth-order valence-corrected chi connectivity index (χ4v) is 11.3. The molecule has 2 saturated heterocycles. The molecule has 8 heterocycles. The number of nitrogens with one attached hydrogen (secondary N) is 1. The van der Waals surface area contributed by atoms with Crippen molar-refractivity contribution in [1.82, 2.24) is 44.8 Å². The van der Waals surface area contributed by atoms with Crippen molar-refractivity contribution in [3.05, 3.63) is 78.2 Å². The highest BCUT2D eigenvalue weighted by atomic mass is 16.5. The predicted molar refractivity (Wildman–Crippen MR) is 262 cm³/mol. The first-order valence-electron chi connectivity index (χ1n) is 25.0. The number of ether oxygens (including phenoxy) is 5. The number of fused-ring (bicyclic) bond motifs is 4. The summed E-state index contributed by atoms with van der Waals surface area (Å²) >= 11 is 0. The summed E-state index contributed by atoms with van der Waals surface area (Å²) in [6.45, 7) is 9.40. The molecule has 1 unspecified atom stereocenters. The van der Waals surface area contributed by atoms with Crippen molar-refractivity contribution < 1.29 is 23.7 Å². The van der Waals surface area contributed by atoms with E-state index in [1.807, 2.05) is 6.92 Å². The molecule has 2 aromatic carbocycles. The van der Waals surface area contributed by atoms with Gasteiger partial charge in [-0.25, -0.2) is 29.9 Å². The number of nitrogens with zero attached hydrogens (tertiary/aromatic N) is 12. The van der Waals surface area contributed by atoms with Crippen LogP contribution in [-0.4, -0.2) is 141 Å². The Morgan fingerprint density at radius 2 is 1.33 bits per heavy atom. The molecule has 69 heavy (non-hydrogen) atoms. The van der Waals surface area contributed by atoms with Gasteiger partial charge in [0, 0.05) is 112 Å². The number of benzene rings is 2. The maximum absolute atomic E-state index is 6.93. The van der Waals surface area contributed by atoms with E-state index in [4.69, 9.17) is 48.6 Å². The SMILES string of the molecule is Cc1nc2c(c(N(C3CN(c4cc(O[C@H]5CC[C@@H](Nc6ncnc7c6CN(C)CC7)CC5)c5nccnc5c4)CCO3)[C@H]3CC[C@@H](Oc4cc(N5CCOCC5)cc5nccnc45)CC3)n1)OCC2. The summed E-state index contributed by atoms with van der Waals surface area (Å²) in [7, 11) is 2.16. The van der Waals surface area contributed by atoms with Crippen molar-refractivity contribution in [3.8, 4) is 17.2 Å². The number of likely N-dealkylation sites (N-methyl/N-ethyl adjacent to an activating group) is 1. The molecule has 360 valence electrons. The number of hydrogen-bond acceptors (Lipinski definition) is 18. The lowest BCUT2D eigenvalue weighted by atomic mass is 9.91. The molecule has 18 heteroatoms. The smallest absolute Gasteiger partial charge is 0.183 e. The van der Waals surface area contributed by atoms with E-state index in [9.17, 15) is 0 Å². The second-order valence-corrected chi connectivity index (χ2v) is 19.4. The summed E-state index contributed by atoms with van der Waals surface area (Å²) in [5, 5.41) is 3.78. The van der Waals surface area contributed by atoms with E-state index in [0.29, 0.717) is 45.6 Å². The lowest BCUT2D eigenvalue weighted by Crippen LogP contribution is -2.56. The van der Waals surface area contributed by atoms with Gasteiger partial charge in [0.15, 0.2) is 11.6 Å². The van der Waals surface area contributed by atoms with E-state index < -0.39 is 0 Å². The average molecular weight is 936 g/mol. The van der Waals surface area contributed by atoms with Crippen molar-refractivity contribution in [2.24, 2.45) is 0 Å². The largest absolute Gasteiger partial charge is 0.488 e. The van der Waals surface area contributed by atoms with Crippen LogP contribution in [0.25, 0.3) is 22.1 Å². The van der Waals surface area contributed by atoms with Crippen LogP contribution in [0.1, 0.15) is 74.1 Å². The lowest BCUT2D eigenvalue weighted by molar-refractivity contribution is 0.0260. The highest BCUT2D eigenvalue weighted by Gasteiger charge is 2.39. The summed E-state index contributed by atoms with van der Waals surface area (Å²) in [6, 6.07) is 9.01. The van der Waals surface area contributed by atoms with Crippen LogP contribution in [-0.2, 0) is 28.9 Å². The lowest BCUT2D eigenvalue weighted by Gasteiger charge is -2.46. The molecule has 4 aromatic heterocycles. The van der Waals surface area contributed by atoms with Crippen LogP contribution in [0, 0.1) is 6.92 Å². The zero-order chi connectivity index (χ0) is 46.3. The second kappa shape index (κ2) is 19.3. The summed E-state index contributed by atoms with van der Waals surface area (Å²) in [5.74, 6) is 4.85. The van der Waals surface area contributed by atoms with Crippen LogP contribution in [0.3, 0.4) is 0 Å². The molecule has 0 radical (unpaired) electrons. The second-order valence-electron chi connectivity index (χ2n) is 19.4. The molecule has 2 saturated carbocycles. The van der Waals surface area contributed by atoms with E-state index in [-0.39, 0.29) is 24.5 Å². The first kappa shape index (κ1) is 44.0. The number of morpholine rings is 2. The number of rotatable bonds is 11. The van der Waals surface area contributed by atoms with Crippen molar-refractivity contribution >= 4 is 45.1 Å². The zero-order valence-electron chi connectivity index (χ0n) is 39.6. The molecule has 18 nitrogen and oxygen atoms in total. The van der Waals surface area contributed by atoms with Crippen LogP contribution in [0.4, 0.5) is 23.0 Å². The Morgan fingerprint density at radius 3 is 2.06 bits per heavy atom. The Labute approximate surface area is 402 Å². The Hall–Kier alpha value is -6.24. The Bertz CT molecular complexity index is 2800. The molecule has 6 aliphatic rings. The Morgan fingerprint density at radius 1 is 0.667 bits per heavy atom. The Balaban J connectivity index is 0.767. The van der Waals surface area contributed by atoms with Crippen molar-refractivity contribution in [3.63, 3.8) is 0 Å². The van der Waals surface area contributed by atoms with Crippen LogP contribution in [0.2, 0.25) is 0 Å². The van der Waals surface area contributed by atoms with Crippen molar-refractivity contribution in [2.45, 2.75) is 108 Å². The van der Waals surface area contributed by atoms with Crippen molar-refractivity contribution in [2.75, 3.05) is 86.2 Å². The maximum atomic E-state index is 6.93. The van der Waals surface area contributed by atoms with Gasteiger partial charge in [-0.1, -0.05) is 0 Å². The number of aryl methyl sites for hydroxylation is 1. The van der Waals surface area contributed by atoms with Crippen molar-refractivity contribution in [1.29, 1.82) is 0 Å². The maximum Gasteiger partial charge on any atom is 0.183 e. The molecule has 0 bridgehead atoms. The third-order valence-corrected chi connectivity index (χ3v) is 14.8. The molecule has 1 N–H and O–H groups in total. The Kier molecular flexibility index (Phi) is 12.3. The molecular weight excluding hydrogens is 875 g/mol. The third kappa shape index (κ3) is 9.21. The molecule has 2 aliphatic carbocycles. The topological polar surface area (TPSA) is 174 Å². The number of aromatic nitrogens is 8. The molecule has 0 amide bonds. The minimum absolute atomic E-state index is 0.0144. The highest BCUT2D eigenvalue weighted by molar-refractivity contribution is 5.86. The summed E-state index contributed by atoms with van der Waals surface area (Å²) in [5.41, 5.74) is 8.69. The minimum Gasteiger partial charge on any atom is -0.488 e. The predicted octanol–water partition coefficient (Wildman–Crippen LogP) is 6.08. The third-order valence-electron chi connectivity index (χ3n) is 14.8. The van der Waals surface area contributed by atoms with Gasteiger partial charge in [0.2, 0.25) is 0 Å². The standard InChI is InChI=1S/C51H61N13O5/c1-32-58-41-12-21-67-49(41)51(59-32)64(34-5-9-38(10-6-34)69-44-27-35(62-18-22-65-23-19-62)25-42-47(44)54-15-13-52-42)46-30-63(20-24-66-46)36-26-43-48(55-16-14-53-43)45(28-36)68-37-7-3-33(4-8-37)60-50-39-29-61(2)17-11-40(39)56-31-57-50/h13-16,25-28,31,33-34,37-38,46H,3-12,17-24,29-30H2,1-2H3,(H,56,57,60)/t33-,34-,37+,38+,46?. The van der Waals surface area contributed by atoms with E-state index in [2.05, 4.69) is 71.2 Å². The van der Waals surface area contributed by atoms with Crippen LogP contribution >= 0.6 is 0 Å². The normalized spacial score (nSPS) is 24.1. The van der Waals surface area contributed by atoms with Gasteiger partial charge >= 0.3 is 0 Å². The van der Waals surface area contributed by atoms with E-state index in [1.54, 1.807) is 31.1 Å². The molecule has 1 atom stereocenters. The monoisotopic (exact) mass is 935 g/mol. The van der Waals surface area contributed by atoms with Gasteiger partial charge < -0.3 is 48.6 Å². The fraction of sp³-hybridized carbons (Fsp3) is 0.529. The van der Waals surface area contributed by atoms with E-state index in [0.717, 1.165) is 170 Å². The summed E-state index contributed by atoms with van der Waals surface area (Å²) < 4.78 is 32.6. The average Bonchev–Trinajstić information content (AvgIpc) is 3.87. The van der Waals surface area contributed by atoms with Gasteiger partial charge in [-0.3, -0.25) is 9.97 Å². The fourth-order valence-electron chi connectivity index (χ4n) is 11.3. The molecule has 4 fully saturated rings. The van der Waals surface area contributed by atoms with Gasteiger partial charge in [0.05, 0.1) is 67.6 Å². The van der Waals surface area contributed by atoms with Gasteiger partial charge in [-0.15, -0.1) is 0 Å². The van der Waals surface area contributed by atoms with Crippen LogP contribution in [0.15, 0.2) is 55.4 Å². The first-order chi connectivity index (χ1) is 34.0. The molecular formula is C51H61N13O5. The molecule has 4 aliphatic heterocycles. The molecule has 12 rings (SSSR count). The van der Waals surface area contributed by atoms with Gasteiger partial charge in [0.1, 0.15) is 46.7 Å². The highest BCUT2D eigenvalue weighted by Crippen LogP contribution is 2.42. The van der Waals surface area contributed by atoms with E-state index in [1.165, 1.54) is 5.56 Å². The van der Waals surface area contributed by atoms with Gasteiger partial charge in [-0.05, 0) is 77.5 Å². The van der Waals surface area contributed by atoms with Crippen LogP contribution < -0.4 is 34.2 Å². The molecule has 0 spiro atoms. The summed E-state index contributed by atoms with van der Waals surface area (Å²) in [6.07, 6.45) is 17.5. The quantitative estimate of drug-likeness (QED) is 0.158. The van der Waals surface area contributed by atoms with Gasteiger partial charge in [-0.2, -0.15) is 0 Å². The number of hydrogen-bond donors (Lipinski definition) is 1. The minimum atomic E-state index is -0.307. The number of anilines is 4. The zero-order valence-corrected chi connectivity index (χ0v) is 39.6.